The zero-order valence-corrected chi connectivity index (χ0v) is 11.6. The highest BCUT2D eigenvalue weighted by Crippen LogP contribution is 2.26. The Morgan fingerprint density at radius 2 is 2.06 bits per heavy atom. The highest BCUT2D eigenvalue weighted by atomic mass is 32.1. The number of hydrogen-bond acceptors (Lipinski definition) is 4. The molecule has 0 saturated heterocycles. The predicted molar refractivity (Wildman–Crippen MR) is 77.5 cm³/mol. The fourth-order valence-corrected chi connectivity index (χ4v) is 2.37. The predicted octanol–water partition coefficient (Wildman–Crippen LogP) is 4.03. The van der Waals surface area contributed by atoms with E-state index in [1.165, 1.54) is 12.8 Å². The van der Waals surface area contributed by atoms with Crippen LogP contribution >= 0.6 is 11.3 Å². The highest BCUT2D eigenvalue weighted by molar-refractivity contribution is 7.14. The van der Waals surface area contributed by atoms with Crippen molar-refractivity contribution >= 4 is 16.5 Å². The van der Waals surface area contributed by atoms with Crippen LogP contribution in [0.4, 0.5) is 5.13 Å². The van der Waals surface area contributed by atoms with Gasteiger partial charge in [0.25, 0.3) is 0 Å². The van der Waals surface area contributed by atoms with Crippen LogP contribution in [0.3, 0.4) is 0 Å². The van der Waals surface area contributed by atoms with Crippen LogP contribution < -0.4 is 10.1 Å². The Morgan fingerprint density at radius 1 is 1.28 bits per heavy atom. The molecule has 1 aromatic heterocycles. The van der Waals surface area contributed by atoms with E-state index in [0.29, 0.717) is 0 Å². The Kier molecular flexibility index (Phi) is 4.59. The number of rotatable bonds is 6. The average Bonchev–Trinajstić information content (AvgIpc) is 2.88. The van der Waals surface area contributed by atoms with E-state index in [1.807, 2.05) is 24.3 Å². The summed E-state index contributed by atoms with van der Waals surface area (Å²) in [6, 6.07) is 7.98. The van der Waals surface area contributed by atoms with Gasteiger partial charge >= 0.3 is 0 Å². The van der Waals surface area contributed by atoms with Gasteiger partial charge in [-0.25, -0.2) is 4.98 Å². The summed E-state index contributed by atoms with van der Waals surface area (Å²) in [5, 5.41) is 6.42. The van der Waals surface area contributed by atoms with Gasteiger partial charge in [-0.05, 0) is 30.7 Å². The molecule has 0 aliphatic carbocycles. The fourth-order valence-electron chi connectivity index (χ4n) is 1.62. The van der Waals surface area contributed by atoms with Crippen LogP contribution in [-0.2, 0) is 0 Å². The van der Waals surface area contributed by atoms with E-state index < -0.39 is 0 Å². The van der Waals surface area contributed by atoms with Gasteiger partial charge in [-0.2, -0.15) is 0 Å². The van der Waals surface area contributed by atoms with E-state index in [2.05, 4.69) is 22.6 Å². The Bertz CT molecular complexity index is 479. The van der Waals surface area contributed by atoms with Gasteiger partial charge in [0.2, 0.25) is 0 Å². The number of unbranched alkanes of at least 4 members (excludes halogenated alkanes) is 1. The van der Waals surface area contributed by atoms with Crippen LogP contribution in [0.25, 0.3) is 11.3 Å². The molecule has 96 valence electrons. The lowest BCUT2D eigenvalue weighted by Crippen LogP contribution is -1.99. The molecule has 0 spiro atoms. The first-order valence-electron chi connectivity index (χ1n) is 6.17. The van der Waals surface area contributed by atoms with Crippen LogP contribution in [0.1, 0.15) is 19.8 Å². The number of nitrogens with zero attached hydrogens (tertiary/aromatic N) is 1. The van der Waals surface area contributed by atoms with Crippen molar-refractivity contribution in [3.8, 4) is 17.0 Å². The molecular weight excluding hydrogens is 244 g/mol. The number of anilines is 1. The third kappa shape index (κ3) is 3.23. The van der Waals surface area contributed by atoms with Gasteiger partial charge in [-0.15, -0.1) is 11.3 Å². The molecule has 0 aliphatic rings. The van der Waals surface area contributed by atoms with Crippen molar-refractivity contribution in [1.29, 1.82) is 0 Å². The van der Waals surface area contributed by atoms with Gasteiger partial charge in [0.05, 0.1) is 12.8 Å². The standard InChI is InChI=1S/C14H18N2OS/c1-3-4-9-15-14-16-13(10-18-14)11-5-7-12(17-2)8-6-11/h5-8,10H,3-4,9H2,1-2H3,(H,15,16). The first-order chi connectivity index (χ1) is 8.83. The molecule has 1 heterocycles. The number of thiazole rings is 1. The summed E-state index contributed by atoms with van der Waals surface area (Å²) < 4.78 is 5.15. The van der Waals surface area contributed by atoms with Crippen LogP contribution in [-0.4, -0.2) is 18.6 Å². The van der Waals surface area contributed by atoms with E-state index >= 15 is 0 Å². The van der Waals surface area contributed by atoms with Crippen molar-refractivity contribution < 1.29 is 4.74 Å². The maximum Gasteiger partial charge on any atom is 0.183 e. The molecule has 18 heavy (non-hydrogen) atoms. The van der Waals surface area contributed by atoms with Crippen molar-refractivity contribution in [2.75, 3.05) is 19.0 Å². The number of benzene rings is 1. The van der Waals surface area contributed by atoms with E-state index in [1.54, 1.807) is 18.4 Å². The van der Waals surface area contributed by atoms with Gasteiger partial charge in [0.15, 0.2) is 5.13 Å². The third-order valence-corrected chi connectivity index (χ3v) is 3.50. The van der Waals surface area contributed by atoms with Crippen LogP contribution in [0, 0.1) is 0 Å². The van der Waals surface area contributed by atoms with E-state index in [4.69, 9.17) is 4.74 Å². The molecule has 1 N–H and O–H groups in total. The topological polar surface area (TPSA) is 34.2 Å². The minimum atomic E-state index is 0.871. The van der Waals surface area contributed by atoms with Crippen molar-refractivity contribution in [3.63, 3.8) is 0 Å². The zero-order valence-electron chi connectivity index (χ0n) is 10.8. The first kappa shape index (κ1) is 12.9. The van der Waals surface area contributed by atoms with Gasteiger partial charge in [-0.1, -0.05) is 13.3 Å². The second-order valence-electron chi connectivity index (χ2n) is 4.05. The SMILES string of the molecule is CCCCNc1nc(-c2ccc(OC)cc2)cs1. The Balaban J connectivity index is 2.04. The third-order valence-electron chi connectivity index (χ3n) is 2.70. The van der Waals surface area contributed by atoms with Gasteiger partial charge in [0, 0.05) is 17.5 Å². The number of nitrogens with one attached hydrogen (secondary N) is 1. The molecule has 4 heteroatoms. The molecular formula is C14H18N2OS. The van der Waals surface area contributed by atoms with E-state index in [9.17, 15) is 0 Å². The molecule has 0 amide bonds. The number of methoxy groups -OCH3 is 1. The zero-order chi connectivity index (χ0) is 12.8. The molecule has 2 rings (SSSR count). The molecule has 0 fully saturated rings. The number of ether oxygens (including phenoxy) is 1. The van der Waals surface area contributed by atoms with Crippen molar-refractivity contribution in [2.24, 2.45) is 0 Å². The lowest BCUT2D eigenvalue weighted by Gasteiger charge is -2.01. The number of aromatic nitrogens is 1. The fraction of sp³-hybridized carbons (Fsp3) is 0.357. The lowest BCUT2D eigenvalue weighted by molar-refractivity contribution is 0.415. The average molecular weight is 262 g/mol. The smallest absolute Gasteiger partial charge is 0.183 e. The molecule has 0 saturated carbocycles. The normalized spacial score (nSPS) is 10.3. The minimum Gasteiger partial charge on any atom is -0.497 e. The van der Waals surface area contributed by atoms with E-state index in [-0.39, 0.29) is 0 Å². The van der Waals surface area contributed by atoms with Crippen molar-refractivity contribution in [2.45, 2.75) is 19.8 Å². The summed E-state index contributed by atoms with van der Waals surface area (Å²) in [6.07, 6.45) is 2.38. The summed E-state index contributed by atoms with van der Waals surface area (Å²) in [6.45, 7) is 3.18. The first-order valence-corrected chi connectivity index (χ1v) is 7.05. The second-order valence-corrected chi connectivity index (χ2v) is 4.90. The van der Waals surface area contributed by atoms with E-state index in [0.717, 1.165) is 28.7 Å². The molecule has 1 aromatic carbocycles. The summed E-state index contributed by atoms with van der Waals surface area (Å²) >= 11 is 1.65. The van der Waals surface area contributed by atoms with Crippen LogP contribution in [0.2, 0.25) is 0 Å². The maximum atomic E-state index is 5.15. The second kappa shape index (κ2) is 6.40. The summed E-state index contributed by atoms with van der Waals surface area (Å²) in [5.41, 5.74) is 2.14. The van der Waals surface area contributed by atoms with Gasteiger partial charge < -0.3 is 10.1 Å². The molecule has 0 unspecified atom stereocenters. The van der Waals surface area contributed by atoms with Crippen molar-refractivity contribution in [1.82, 2.24) is 4.98 Å². The molecule has 0 atom stereocenters. The van der Waals surface area contributed by atoms with Gasteiger partial charge in [0.1, 0.15) is 5.75 Å². The van der Waals surface area contributed by atoms with Crippen LogP contribution in [0.5, 0.6) is 5.75 Å². The Morgan fingerprint density at radius 3 is 2.72 bits per heavy atom. The monoisotopic (exact) mass is 262 g/mol. The van der Waals surface area contributed by atoms with Gasteiger partial charge in [-0.3, -0.25) is 0 Å². The molecule has 0 aliphatic heterocycles. The molecule has 2 aromatic rings. The molecule has 0 bridgehead atoms. The summed E-state index contributed by atoms with van der Waals surface area (Å²) in [5.74, 6) is 0.871. The highest BCUT2D eigenvalue weighted by Gasteiger charge is 2.04. The Labute approximate surface area is 112 Å². The quantitative estimate of drug-likeness (QED) is 0.798. The number of hydrogen-bond donors (Lipinski definition) is 1. The minimum absolute atomic E-state index is 0.871. The largest absolute Gasteiger partial charge is 0.497 e. The summed E-state index contributed by atoms with van der Waals surface area (Å²) in [7, 11) is 1.67. The molecule has 3 nitrogen and oxygen atoms in total. The van der Waals surface area contributed by atoms with Crippen LogP contribution in [0.15, 0.2) is 29.6 Å². The lowest BCUT2D eigenvalue weighted by atomic mass is 10.2. The molecule has 0 radical (unpaired) electrons. The Hall–Kier alpha value is -1.55. The maximum absolute atomic E-state index is 5.15. The van der Waals surface area contributed by atoms with Crippen molar-refractivity contribution in [3.05, 3.63) is 29.6 Å². The summed E-state index contributed by atoms with van der Waals surface area (Å²) in [4.78, 5) is 4.57.